The van der Waals surface area contributed by atoms with Crippen molar-refractivity contribution in [1.29, 1.82) is 0 Å². The molecule has 7 aromatic carbocycles. The Balaban J connectivity index is 1.09. The highest BCUT2D eigenvalue weighted by Gasteiger charge is 2.26. The number of hydrogen-bond donors (Lipinski definition) is 0. The Hall–Kier alpha value is -6.07. The molecule has 2 nitrogen and oxygen atoms in total. The zero-order valence-electron chi connectivity index (χ0n) is 25.6. The van der Waals surface area contributed by atoms with E-state index in [2.05, 4.69) is 71.6 Å². The number of fused-ring (bicyclic) bond motifs is 7. The predicted octanol–water partition coefficient (Wildman–Crippen LogP) is 12.4. The lowest BCUT2D eigenvalue weighted by Crippen LogP contribution is -2.09. The third-order valence-corrected chi connectivity index (χ3v) is 9.34. The summed E-state index contributed by atoms with van der Waals surface area (Å²) in [6.45, 7) is 0. The van der Waals surface area contributed by atoms with Crippen molar-refractivity contribution in [2.45, 2.75) is 6.42 Å². The maximum Gasteiger partial charge on any atom is 0.136 e. The summed E-state index contributed by atoms with van der Waals surface area (Å²) in [5.41, 5.74) is 12.0. The fourth-order valence-electron chi connectivity index (χ4n) is 7.21. The minimum atomic E-state index is -0.946. The van der Waals surface area contributed by atoms with Crippen LogP contribution < -0.4 is 4.90 Å². The lowest BCUT2D eigenvalue weighted by molar-refractivity contribution is 0.548. The van der Waals surface area contributed by atoms with Gasteiger partial charge in [0, 0.05) is 46.4 Å². The van der Waals surface area contributed by atoms with Crippen LogP contribution >= 0.6 is 0 Å². The smallest absolute Gasteiger partial charge is 0.136 e. The van der Waals surface area contributed by atoms with Gasteiger partial charge in [0.25, 0.3) is 0 Å². The number of nitrogens with zero attached hydrogens (tertiary/aromatic N) is 1. The van der Waals surface area contributed by atoms with Crippen LogP contribution in [-0.2, 0) is 6.42 Å². The minimum Gasteiger partial charge on any atom is -0.456 e. The van der Waals surface area contributed by atoms with Gasteiger partial charge < -0.3 is 9.32 Å². The summed E-state index contributed by atoms with van der Waals surface area (Å²) in [5.74, 6) is -2.82. The third kappa shape index (κ3) is 4.50. The van der Waals surface area contributed by atoms with E-state index in [0.29, 0.717) is 17.7 Å². The second-order valence-electron chi connectivity index (χ2n) is 12.1. The van der Waals surface area contributed by atoms with Gasteiger partial charge in [-0.3, -0.25) is 0 Å². The highest BCUT2D eigenvalue weighted by molar-refractivity contribution is 6.10. The maximum absolute atomic E-state index is 14.5. The Morgan fingerprint density at radius 3 is 1.81 bits per heavy atom. The van der Waals surface area contributed by atoms with Gasteiger partial charge in [-0.1, -0.05) is 84.9 Å². The number of anilines is 3. The van der Waals surface area contributed by atoms with Gasteiger partial charge in [0.15, 0.2) is 0 Å². The van der Waals surface area contributed by atoms with E-state index in [9.17, 15) is 13.2 Å². The molecule has 1 aliphatic rings. The lowest BCUT2D eigenvalue weighted by Gasteiger charge is -2.26. The Bertz CT molecular complexity index is 2480. The molecule has 0 amide bonds. The minimum absolute atomic E-state index is 0.252. The third-order valence-electron chi connectivity index (χ3n) is 9.34. The average Bonchev–Trinajstić information content (AvgIpc) is 3.68. The van der Waals surface area contributed by atoms with Gasteiger partial charge in [-0.15, -0.1) is 0 Å². The van der Waals surface area contributed by atoms with Crippen molar-refractivity contribution >= 4 is 39.0 Å². The SMILES string of the molecule is Fc1cc(F)c(-c2ccc(N(c3ccccc3)c3ccc(-c4cccc5c4Cc4c-5ccc5oc6ccccc6c45)cc3)cc2)c(F)c1. The van der Waals surface area contributed by atoms with Gasteiger partial charge in [-0.05, 0) is 87.5 Å². The van der Waals surface area contributed by atoms with E-state index in [0.717, 1.165) is 45.6 Å². The summed E-state index contributed by atoms with van der Waals surface area (Å²) in [6.07, 6.45) is 0.821. The molecule has 0 saturated carbocycles. The number of para-hydroxylation sites is 2. The maximum atomic E-state index is 14.5. The quantitative estimate of drug-likeness (QED) is 0.188. The molecule has 0 bridgehead atoms. The van der Waals surface area contributed by atoms with E-state index in [1.807, 2.05) is 54.6 Å². The topological polar surface area (TPSA) is 16.4 Å². The number of furan rings is 1. The molecule has 0 unspecified atom stereocenters. The summed E-state index contributed by atoms with van der Waals surface area (Å²) in [5, 5.41) is 2.33. The van der Waals surface area contributed by atoms with E-state index in [-0.39, 0.29) is 5.56 Å². The molecule has 0 saturated heterocycles. The van der Waals surface area contributed by atoms with Crippen LogP contribution in [0.4, 0.5) is 30.2 Å². The van der Waals surface area contributed by atoms with Gasteiger partial charge in [0.1, 0.15) is 28.6 Å². The molecule has 1 heterocycles. The van der Waals surface area contributed by atoms with E-state index in [1.54, 1.807) is 12.1 Å². The van der Waals surface area contributed by atoms with E-state index >= 15 is 0 Å². The van der Waals surface area contributed by atoms with Crippen LogP contribution in [0.3, 0.4) is 0 Å². The Kier molecular flexibility index (Phi) is 6.47. The molecule has 230 valence electrons. The van der Waals surface area contributed by atoms with Gasteiger partial charge in [0.2, 0.25) is 0 Å². The number of halogens is 3. The molecule has 0 aliphatic heterocycles. The van der Waals surface area contributed by atoms with Crippen LogP contribution in [0.5, 0.6) is 0 Å². The zero-order chi connectivity index (χ0) is 32.4. The van der Waals surface area contributed by atoms with E-state index in [1.165, 1.54) is 33.2 Å². The molecule has 5 heteroatoms. The van der Waals surface area contributed by atoms with Crippen LogP contribution in [0.25, 0.3) is 55.3 Å². The van der Waals surface area contributed by atoms with Gasteiger partial charge in [0.05, 0.1) is 5.56 Å². The van der Waals surface area contributed by atoms with Crippen LogP contribution in [-0.4, -0.2) is 0 Å². The number of rotatable bonds is 5. The number of benzene rings is 7. The van der Waals surface area contributed by atoms with Crippen molar-refractivity contribution in [2.75, 3.05) is 4.90 Å². The highest BCUT2D eigenvalue weighted by Crippen LogP contribution is 2.47. The molecule has 1 aliphatic carbocycles. The molecule has 0 radical (unpaired) electrons. The van der Waals surface area contributed by atoms with E-state index in [4.69, 9.17) is 4.42 Å². The van der Waals surface area contributed by atoms with Gasteiger partial charge in [-0.2, -0.15) is 0 Å². The van der Waals surface area contributed by atoms with Gasteiger partial charge >= 0.3 is 0 Å². The summed E-state index contributed by atoms with van der Waals surface area (Å²) < 4.78 is 48.8. The Morgan fingerprint density at radius 1 is 0.479 bits per heavy atom. The first kappa shape index (κ1) is 28.2. The van der Waals surface area contributed by atoms with Crippen molar-refractivity contribution < 1.29 is 17.6 Å². The van der Waals surface area contributed by atoms with Crippen LogP contribution in [0.2, 0.25) is 0 Å². The molecule has 1 aromatic heterocycles. The van der Waals surface area contributed by atoms with Crippen LogP contribution in [0, 0.1) is 17.5 Å². The lowest BCUT2D eigenvalue weighted by atomic mass is 9.95. The zero-order valence-corrected chi connectivity index (χ0v) is 25.6. The molecule has 8 aromatic rings. The van der Waals surface area contributed by atoms with Crippen molar-refractivity contribution in [3.8, 4) is 33.4 Å². The van der Waals surface area contributed by atoms with Crippen molar-refractivity contribution in [3.05, 3.63) is 174 Å². The second-order valence-corrected chi connectivity index (χ2v) is 12.1. The first-order chi connectivity index (χ1) is 23.5. The van der Waals surface area contributed by atoms with E-state index < -0.39 is 17.5 Å². The normalized spacial score (nSPS) is 12.0. The van der Waals surface area contributed by atoms with Crippen molar-refractivity contribution in [2.24, 2.45) is 0 Å². The first-order valence-electron chi connectivity index (χ1n) is 15.8. The summed E-state index contributed by atoms with van der Waals surface area (Å²) in [7, 11) is 0. The van der Waals surface area contributed by atoms with Crippen LogP contribution in [0.15, 0.2) is 150 Å². The Labute approximate surface area is 274 Å². The molecule has 9 rings (SSSR count). The summed E-state index contributed by atoms with van der Waals surface area (Å²) >= 11 is 0. The monoisotopic (exact) mass is 629 g/mol. The summed E-state index contributed by atoms with van der Waals surface area (Å²) in [4.78, 5) is 2.09. The Morgan fingerprint density at radius 2 is 1.08 bits per heavy atom. The fourth-order valence-corrected chi connectivity index (χ4v) is 7.21. The summed E-state index contributed by atoms with van der Waals surface area (Å²) in [6, 6.07) is 45.8. The average molecular weight is 630 g/mol. The van der Waals surface area contributed by atoms with Gasteiger partial charge in [-0.25, -0.2) is 13.2 Å². The molecule has 0 fully saturated rings. The molecule has 0 N–H and O–H groups in total. The highest BCUT2D eigenvalue weighted by atomic mass is 19.1. The first-order valence-corrected chi connectivity index (χ1v) is 15.8. The second kappa shape index (κ2) is 11.0. The molecule has 0 spiro atoms. The molecular formula is C43H26F3NO. The van der Waals surface area contributed by atoms with Crippen molar-refractivity contribution in [1.82, 2.24) is 0 Å². The molecule has 48 heavy (non-hydrogen) atoms. The standard InChI is InChI=1S/C43H26F3NO/c44-28-23-38(45)42(39(46)24-28)27-15-19-31(20-16-27)47(29-7-2-1-3-8-29)30-17-13-26(14-18-30)32-10-6-11-33-34-21-22-41-43(37(34)25-36(32)33)35-9-4-5-12-40(35)48-41/h1-24H,25H2. The predicted molar refractivity (Wildman–Crippen MR) is 187 cm³/mol. The van der Waals surface area contributed by atoms with Crippen molar-refractivity contribution in [3.63, 3.8) is 0 Å². The molecular weight excluding hydrogens is 603 g/mol. The molecule has 0 atom stereocenters. The fraction of sp³-hybridized carbons (Fsp3) is 0.0233. The largest absolute Gasteiger partial charge is 0.456 e. The number of hydrogen-bond acceptors (Lipinski definition) is 2. The van der Waals surface area contributed by atoms with Crippen LogP contribution in [0.1, 0.15) is 11.1 Å².